The van der Waals surface area contributed by atoms with Crippen LogP contribution in [-0.4, -0.2) is 24.2 Å². The van der Waals surface area contributed by atoms with Crippen LogP contribution in [0.5, 0.6) is 5.75 Å². The zero-order valence-corrected chi connectivity index (χ0v) is 12.4. The van der Waals surface area contributed by atoms with E-state index in [0.717, 1.165) is 0 Å². The molecule has 4 nitrogen and oxygen atoms in total. The fraction of sp³-hybridized carbons (Fsp3) is 0.533. The second kappa shape index (κ2) is 7.36. The highest BCUT2D eigenvalue weighted by Crippen LogP contribution is 2.21. The van der Waals surface area contributed by atoms with E-state index in [4.69, 9.17) is 0 Å². The summed E-state index contributed by atoms with van der Waals surface area (Å²) >= 11 is 0. The molecule has 1 rings (SSSR count). The van der Waals surface area contributed by atoms with Gasteiger partial charge in [-0.15, -0.1) is 0 Å². The quantitative estimate of drug-likeness (QED) is 0.814. The number of carbonyl (C=O) groups is 1. The summed E-state index contributed by atoms with van der Waals surface area (Å²) in [6, 6.07) is 5.67. The first-order chi connectivity index (χ1) is 9.76. The van der Waals surface area contributed by atoms with Gasteiger partial charge in [-0.3, -0.25) is 4.79 Å². The molecular formula is C15H21F2NO3. The number of carbonyl (C=O) groups excluding carboxylic acids is 1. The van der Waals surface area contributed by atoms with Gasteiger partial charge in [-0.05, 0) is 24.1 Å². The summed E-state index contributed by atoms with van der Waals surface area (Å²) in [7, 11) is 0. The lowest BCUT2D eigenvalue weighted by atomic mass is 9.89. The molecule has 0 fully saturated rings. The lowest BCUT2D eigenvalue weighted by Crippen LogP contribution is -2.38. The summed E-state index contributed by atoms with van der Waals surface area (Å²) in [5, 5.41) is 12.7. The van der Waals surface area contributed by atoms with Crippen LogP contribution in [0.4, 0.5) is 8.78 Å². The Morgan fingerprint density at radius 3 is 2.38 bits per heavy atom. The Morgan fingerprint density at radius 2 is 1.90 bits per heavy atom. The zero-order chi connectivity index (χ0) is 16.0. The molecule has 0 spiro atoms. The zero-order valence-electron chi connectivity index (χ0n) is 12.4. The van der Waals surface area contributed by atoms with Crippen molar-refractivity contribution in [3.8, 4) is 5.75 Å². The maximum atomic E-state index is 12.0. The van der Waals surface area contributed by atoms with Gasteiger partial charge in [0.05, 0.1) is 6.10 Å². The van der Waals surface area contributed by atoms with Gasteiger partial charge in [0, 0.05) is 12.0 Å². The minimum Gasteiger partial charge on any atom is -0.435 e. The van der Waals surface area contributed by atoms with Crippen molar-refractivity contribution in [3.05, 3.63) is 29.8 Å². The van der Waals surface area contributed by atoms with Gasteiger partial charge < -0.3 is 15.2 Å². The van der Waals surface area contributed by atoms with E-state index in [1.54, 1.807) is 0 Å². The van der Waals surface area contributed by atoms with E-state index in [2.05, 4.69) is 10.1 Å². The van der Waals surface area contributed by atoms with Gasteiger partial charge in [0.1, 0.15) is 5.75 Å². The second-order valence-electron chi connectivity index (χ2n) is 5.41. The van der Waals surface area contributed by atoms with Crippen molar-refractivity contribution in [3.63, 3.8) is 0 Å². The normalized spacial score (nSPS) is 13.1. The van der Waals surface area contributed by atoms with Crippen LogP contribution in [0.1, 0.15) is 38.9 Å². The Labute approximate surface area is 123 Å². The molecule has 0 radical (unpaired) electrons. The van der Waals surface area contributed by atoms with Gasteiger partial charge in [0.2, 0.25) is 5.91 Å². The number of ether oxygens (including phenoxy) is 1. The van der Waals surface area contributed by atoms with Crippen LogP contribution in [-0.2, 0) is 4.79 Å². The monoisotopic (exact) mass is 301 g/mol. The third-order valence-electron chi connectivity index (χ3n) is 3.44. The SMILES string of the molecule is CCC(C)(C)C(=O)NCC(O)c1ccc(OC(F)F)cc1. The number of rotatable bonds is 7. The summed E-state index contributed by atoms with van der Waals surface area (Å²) in [4.78, 5) is 11.9. The van der Waals surface area contributed by atoms with E-state index < -0.39 is 18.1 Å². The molecule has 1 amide bonds. The van der Waals surface area contributed by atoms with Crippen LogP contribution in [0.15, 0.2) is 24.3 Å². The van der Waals surface area contributed by atoms with Crippen molar-refractivity contribution in [1.82, 2.24) is 5.32 Å². The highest BCUT2D eigenvalue weighted by Gasteiger charge is 2.25. The maximum absolute atomic E-state index is 12.0. The van der Waals surface area contributed by atoms with Gasteiger partial charge in [-0.2, -0.15) is 8.78 Å². The molecule has 0 aromatic heterocycles. The van der Waals surface area contributed by atoms with Crippen molar-refractivity contribution >= 4 is 5.91 Å². The molecule has 21 heavy (non-hydrogen) atoms. The highest BCUT2D eigenvalue weighted by molar-refractivity contribution is 5.81. The topological polar surface area (TPSA) is 58.6 Å². The number of alkyl halides is 2. The Balaban J connectivity index is 2.56. The minimum atomic E-state index is -2.88. The highest BCUT2D eigenvalue weighted by atomic mass is 19.3. The average Bonchev–Trinajstić information content (AvgIpc) is 2.44. The van der Waals surface area contributed by atoms with E-state index in [9.17, 15) is 18.7 Å². The van der Waals surface area contributed by atoms with Crippen LogP contribution >= 0.6 is 0 Å². The van der Waals surface area contributed by atoms with Crippen LogP contribution in [0.3, 0.4) is 0 Å². The number of aliphatic hydroxyl groups excluding tert-OH is 1. The Morgan fingerprint density at radius 1 is 1.33 bits per heavy atom. The van der Waals surface area contributed by atoms with E-state index in [1.807, 2.05) is 20.8 Å². The number of hydrogen-bond donors (Lipinski definition) is 2. The van der Waals surface area contributed by atoms with Crippen LogP contribution in [0, 0.1) is 5.41 Å². The molecule has 0 aliphatic heterocycles. The summed E-state index contributed by atoms with van der Waals surface area (Å²) in [6.07, 6.45) is -0.212. The maximum Gasteiger partial charge on any atom is 0.387 e. The molecule has 1 unspecified atom stereocenters. The van der Waals surface area contributed by atoms with Crippen molar-refractivity contribution in [2.75, 3.05) is 6.54 Å². The van der Waals surface area contributed by atoms with Crippen LogP contribution < -0.4 is 10.1 Å². The predicted molar refractivity (Wildman–Crippen MR) is 75.1 cm³/mol. The fourth-order valence-electron chi connectivity index (χ4n) is 1.58. The lowest BCUT2D eigenvalue weighted by molar-refractivity contribution is -0.130. The molecule has 1 aromatic carbocycles. The molecule has 0 bridgehead atoms. The van der Waals surface area contributed by atoms with Gasteiger partial charge >= 0.3 is 6.61 Å². The fourth-order valence-corrected chi connectivity index (χ4v) is 1.58. The third kappa shape index (κ3) is 5.30. The standard InChI is InChI=1S/C15H21F2NO3/c1-4-15(2,3)13(20)18-9-12(19)10-5-7-11(8-6-10)21-14(16)17/h5-8,12,14,19H,4,9H2,1-3H3,(H,18,20). The van der Waals surface area contributed by atoms with Gasteiger partial charge in [-0.25, -0.2) is 0 Å². The number of aliphatic hydroxyl groups is 1. The first kappa shape index (κ1) is 17.4. The predicted octanol–water partition coefficient (Wildman–Crippen LogP) is 2.87. The number of amides is 1. The Kier molecular flexibility index (Phi) is 6.08. The molecule has 1 aromatic rings. The second-order valence-corrected chi connectivity index (χ2v) is 5.41. The van der Waals surface area contributed by atoms with Crippen molar-refractivity contribution in [2.24, 2.45) is 5.41 Å². The number of benzene rings is 1. The number of hydrogen-bond acceptors (Lipinski definition) is 3. The number of halogens is 2. The smallest absolute Gasteiger partial charge is 0.387 e. The molecule has 1 atom stereocenters. The Hall–Kier alpha value is -1.69. The molecule has 2 N–H and O–H groups in total. The van der Waals surface area contributed by atoms with E-state index in [1.165, 1.54) is 24.3 Å². The molecule has 118 valence electrons. The van der Waals surface area contributed by atoms with E-state index in [-0.39, 0.29) is 18.2 Å². The van der Waals surface area contributed by atoms with E-state index >= 15 is 0 Å². The Bertz CT molecular complexity index is 460. The molecule has 0 heterocycles. The first-order valence-electron chi connectivity index (χ1n) is 6.77. The largest absolute Gasteiger partial charge is 0.435 e. The van der Waals surface area contributed by atoms with Gasteiger partial charge in [0.25, 0.3) is 0 Å². The van der Waals surface area contributed by atoms with Crippen molar-refractivity contribution in [2.45, 2.75) is 39.9 Å². The van der Waals surface area contributed by atoms with Crippen molar-refractivity contribution in [1.29, 1.82) is 0 Å². The molecule has 0 saturated heterocycles. The van der Waals surface area contributed by atoms with E-state index in [0.29, 0.717) is 12.0 Å². The summed E-state index contributed by atoms with van der Waals surface area (Å²) in [6.45, 7) is 2.75. The average molecular weight is 301 g/mol. The van der Waals surface area contributed by atoms with Gasteiger partial charge in [-0.1, -0.05) is 32.9 Å². The lowest BCUT2D eigenvalue weighted by Gasteiger charge is -2.22. The molecule has 0 saturated carbocycles. The summed E-state index contributed by atoms with van der Waals surface area (Å²) < 4.78 is 28.3. The molecule has 6 heteroatoms. The van der Waals surface area contributed by atoms with Crippen molar-refractivity contribution < 1.29 is 23.4 Å². The van der Waals surface area contributed by atoms with Gasteiger partial charge in [0.15, 0.2) is 0 Å². The summed E-state index contributed by atoms with van der Waals surface area (Å²) in [5.74, 6) is -0.112. The van der Waals surface area contributed by atoms with Crippen LogP contribution in [0.2, 0.25) is 0 Å². The first-order valence-corrected chi connectivity index (χ1v) is 6.77. The molecular weight excluding hydrogens is 280 g/mol. The molecule has 0 aliphatic carbocycles. The summed E-state index contributed by atoms with van der Waals surface area (Å²) in [5.41, 5.74) is 0.0283. The molecule has 0 aliphatic rings. The minimum absolute atomic E-state index is 0.0251. The third-order valence-corrected chi connectivity index (χ3v) is 3.44. The van der Waals surface area contributed by atoms with Crippen LogP contribution in [0.25, 0.3) is 0 Å². The number of nitrogens with one attached hydrogen (secondary N) is 1.